The van der Waals surface area contributed by atoms with Crippen LogP contribution in [0.1, 0.15) is 31.2 Å². The molecule has 92 valence electrons. The number of amides is 1. The number of benzene rings is 1. The molecule has 2 rings (SSSR count). The smallest absolute Gasteiger partial charge is 0.219 e. The molecule has 4 heteroatoms. The summed E-state index contributed by atoms with van der Waals surface area (Å²) in [6.45, 7) is 2.87. The largest absolute Gasteiger partial charge is 0.343 e. The van der Waals surface area contributed by atoms with Gasteiger partial charge in [-0.3, -0.25) is 4.79 Å². The molecule has 0 atom stereocenters. The van der Waals surface area contributed by atoms with Crippen LogP contribution in [0.4, 0.5) is 8.78 Å². The lowest BCUT2D eigenvalue weighted by atomic mass is 9.89. The minimum atomic E-state index is -0.533. The maximum Gasteiger partial charge on any atom is 0.219 e. The highest BCUT2D eigenvalue weighted by Gasteiger charge is 2.22. The molecule has 0 radical (unpaired) electrons. The van der Waals surface area contributed by atoms with E-state index in [1.165, 1.54) is 12.1 Å². The number of halogens is 2. The van der Waals surface area contributed by atoms with Gasteiger partial charge < -0.3 is 4.90 Å². The van der Waals surface area contributed by atoms with Crippen LogP contribution < -0.4 is 0 Å². The molecule has 1 aromatic rings. The van der Waals surface area contributed by atoms with Crippen molar-refractivity contribution in [3.05, 3.63) is 35.4 Å². The summed E-state index contributed by atoms with van der Waals surface area (Å²) in [5, 5.41) is 0. The molecular weight excluding hydrogens is 224 g/mol. The first kappa shape index (κ1) is 12.0. The summed E-state index contributed by atoms with van der Waals surface area (Å²) >= 11 is 0. The van der Waals surface area contributed by atoms with E-state index in [9.17, 15) is 13.6 Å². The third-order valence-corrected chi connectivity index (χ3v) is 3.30. The van der Waals surface area contributed by atoms with Crippen molar-refractivity contribution in [2.75, 3.05) is 13.1 Å². The summed E-state index contributed by atoms with van der Waals surface area (Å²) in [4.78, 5) is 12.9. The van der Waals surface area contributed by atoms with Crippen LogP contribution in [-0.4, -0.2) is 23.9 Å². The SMILES string of the molecule is CC(=O)N1CCC(c2cc(F)cc(F)c2)CC1. The van der Waals surface area contributed by atoms with Crippen LogP contribution >= 0.6 is 0 Å². The minimum Gasteiger partial charge on any atom is -0.343 e. The maximum atomic E-state index is 13.1. The number of hydrogen-bond acceptors (Lipinski definition) is 1. The first-order valence-corrected chi connectivity index (χ1v) is 5.78. The fraction of sp³-hybridized carbons (Fsp3) is 0.462. The van der Waals surface area contributed by atoms with Gasteiger partial charge in [0.05, 0.1) is 0 Å². The number of likely N-dealkylation sites (tertiary alicyclic amines) is 1. The summed E-state index contributed by atoms with van der Waals surface area (Å²) in [7, 11) is 0. The van der Waals surface area contributed by atoms with Gasteiger partial charge in [-0.2, -0.15) is 0 Å². The van der Waals surface area contributed by atoms with E-state index in [2.05, 4.69) is 0 Å². The van der Waals surface area contributed by atoms with E-state index in [0.717, 1.165) is 18.9 Å². The molecule has 1 fully saturated rings. The number of carbonyl (C=O) groups excluding carboxylic acids is 1. The second-order valence-corrected chi connectivity index (χ2v) is 4.48. The highest BCUT2D eigenvalue weighted by atomic mass is 19.1. The molecule has 0 aliphatic carbocycles. The molecule has 1 aliphatic heterocycles. The molecule has 0 aromatic heterocycles. The van der Waals surface area contributed by atoms with Gasteiger partial charge in [0, 0.05) is 26.1 Å². The van der Waals surface area contributed by atoms with Crippen LogP contribution in [0.15, 0.2) is 18.2 Å². The van der Waals surface area contributed by atoms with Gasteiger partial charge in [0.2, 0.25) is 5.91 Å². The van der Waals surface area contributed by atoms with Gasteiger partial charge in [0.1, 0.15) is 11.6 Å². The van der Waals surface area contributed by atoms with Crippen LogP contribution in [0.25, 0.3) is 0 Å². The van der Waals surface area contributed by atoms with Crippen molar-refractivity contribution in [2.24, 2.45) is 0 Å². The maximum absolute atomic E-state index is 13.1. The van der Waals surface area contributed by atoms with Gasteiger partial charge >= 0.3 is 0 Å². The molecule has 1 aliphatic rings. The molecule has 1 amide bonds. The lowest BCUT2D eigenvalue weighted by molar-refractivity contribution is -0.129. The summed E-state index contributed by atoms with van der Waals surface area (Å²) < 4.78 is 26.2. The fourth-order valence-electron chi connectivity index (χ4n) is 2.34. The molecule has 0 N–H and O–H groups in total. The zero-order valence-electron chi connectivity index (χ0n) is 9.75. The van der Waals surface area contributed by atoms with Gasteiger partial charge in [-0.05, 0) is 36.5 Å². The van der Waals surface area contributed by atoms with Gasteiger partial charge in [-0.1, -0.05) is 0 Å². The predicted molar refractivity (Wildman–Crippen MR) is 60.6 cm³/mol. The molecular formula is C13H15F2NO. The first-order valence-electron chi connectivity index (χ1n) is 5.78. The third-order valence-electron chi connectivity index (χ3n) is 3.30. The fourth-order valence-corrected chi connectivity index (χ4v) is 2.34. The third kappa shape index (κ3) is 2.81. The number of rotatable bonds is 1. The van der Waals surface area contributed by atoms with Crippen LogP contribution in [0.5, 0.6) is 0 Å². The number of piperidine rings is 1. The van der Waals surface area contributed by atoms with Crippen molar-refractivity contribution < 1.29 is 13.6 Å². The predicted octanol–water partition coefficient (Wildman–Crippen LogP) is 2.69. The molecule has 1 heterocycles. The molecule has 17 heavy (non-hydrogen) atoms. The number of carbonyl (C=O) groups is 1. The van der Waals surface area contributed by atoms with E-state index < -0.39 is 11.6 Å². The van der Waals surface area contributed by atoms with Gasteiger partial charge in [0.25, 0.3) is 0 Å². The lowest BCUT2D eigenvalue weighted by Crippen LogP contribution is -2.36. The molecule has 1 saturated heterocycles. The van der Waals surface area contributed by atoms with Crippen molar-refractivity contribution in [2.45, 2.75) is 25.7 Å². The molecule has 0 bridgehead atoms. The van der Waals surface area contributed by atoms with Crippen molar-refractivity contribution in [3.63, 3.8) is 0 Å². The Bertz CT molecular complexity index is 405. The van der Waals surface area contributed by atoms with Crippen molar-refractivity contribution in [1.29, 1.82) is 0 Å². The lowest BCUT2D eigenvalue weighted by Gasteiger charge is -2.31. The second-order valence-electron chi connectivity index (χ2n) is 4.48. The van der Waals surface area contributed by atoms with Crippen LogP contribution in [0, 0.1) is 11.6 Å². The van der Waals surface area contributed by atoms with E-state index in [0.29, 0.717) is 18.7 Å². The highest BCUT2D eigenvalue weighted by Crippen LogP contribution is 2.28. The van der Waals surface area contributed by atoms with Crippen LogP contribution in [0.3, 0.4) is 0 Å². The van der Waals surface area contributed by atoms with Crippen LogP contribution in [-0.2, 0) is 4.79 Å². The molecule has 0 saturated carbocycles. The number of hydrogen-bond donors (Lipinski definition) is 0. The van der Waals surface area contributed by atoms with E-state index in [4.69, 9.17) is 0 Å². The van der Waals surface area contributed by atoms with Gasteiger partial charge in [0.15, 0.2) is 0 Å². The first-order chi connectivity index (χ1) is 8.06. The summed E-state index contributed by atoms with van der Waals surface area (Å²) in [5.41, 5.74) is 0.700. The Morgan fingerprint density at radius 1 is 1.18 bits per heavy atom. The Hall–Kier alpha value is -1.45. The Kier molecular flexibility index (Phi) is 3.41. The average Bonchev–Trinajstić information content (AvgIpc) is 2.28. The molecule has 2 nitrogen and oxygen atoms in total. The van der Waals surface area contributed by atoms with Crippen LogP contribution in [0.2, 0.25) is 0 Å². The Morgan fingerprint density at radius 2 is 1.71 bits per heavy atom. The number of nitrogens with zero attached hydrogens (tertiary/aromatic N) is 1. The second kappa shape index (κ2) is 4.82. The summed E-state index contributed by atoms with van der Waals surface area (Å²) in [6, 6.07) is 3.66. The zero-order chi connectivity index (χ0) is 12.4. The molecule has 0 spiro atoms. The quantitative estimate of drug-likeness (QED) is 0.737. The van der Waals surface area contributed by atoms with Gasteiger partial charge in [-0.15, -0.1) is 0 Å². The normalized spacial score (nSPS) is 17.2. The minimum absolute atomic E-state index is 0.0638. The standard InChI is InChI=1S/C13H15F2NO/c1-9(17)16-4-2-10(3-5-16)11-6-12(14)8-13(15)7-11/h6-8,10H,2-5H2,1H3. The van der Waals surface area contributed by atoms with Crippen molar-refractivity contribution >= 4 is 5.91 Å². The molecule has 1 aromatic carbocycles. The average molecular weight is 239 g/mol. The monoisotopic (exact) mass is 239 g/mol. The molecule has 0 unspecified atom stereocenters. The Labute approximate surface area is 99.2 Å². The van der Waals surface area contributed by atoms with Crippen molar-refractivity contribution in [3.8, 4) is 0 Å². The summed E-state index contributed by atoms with van der Waals surface area (Å²) in [5.74, 6) is -0.854. The van der Waals surface area contributed by atoms with Crippen molar-refractivity contribution in [1.82, 2.24) is 4.90 Å². The van der Waals surface area contributed by atoms with E-state index >= 15 is 0 Å². The van der Waals surface area contributed by atoms with E-state index in [1.807, 2.05) is 0 Å². The zero-order valence-corrected chi connectivity index (χ0v) is 9.75. The topological polar surface area (TPSA) is 20.3 Å². The summed E-state index contributed by atoms with van der Waals surface area (Å²) in [6.07, 6.45) is 1.53. The highest BCUT2D eigenvalue weighted by molar-refractivity contribution is 5.73. The van der Waals surface area contributed by atoms with E-state index in [1.54, 1.807) is 11.8 Å². The Balaban J connectivity index is 2.07. The van der Waals surface area contributed by atoms with Gasteiger partial charge in [-0.25, -0.2) is 8.78 Å². The Morgan fingerprint density at radius 3 is 2.18 bits per heavy atom. The van der Waals surface area contributed by atoms with E-state index in [-0.39, 0.29) is 11.8 Å².